The first-order valence-electron chi connectivity index (χ1n) is 9.18. The maximum Gasteiger partial charge on any atom is 0.329 e. The third kappa shape index (κ3) is 5.52. The van der Waals surface area contributed by atoms with Gasteiger partial charge in [-0.15, -0.1) is 0 Å². The van der Waals surface area contributed by atoms with Crippen molar-refractivity contribution in [3.63, 3.8) is 0 Å². The molecule has 29 heavy (non-hydrogen) atoms. The largest absolute Gasteiger partial charge is 0.480 e. The summed E-state index contributed by atoms with van der Waals surface area (Å²) in [7, 11) is 0. The van der Waals surface area contributed by atoms with Crippen LogP contribution < -0.4 is 11.5 Å². The molecule has 1 saturated heterocycles. The summed E-state index contributed by atoms with van der Waals surface area (Å²) in [4.78, 5) is 34.6. The van der Waals surface area contributed by atoms with Crippen LogP contribution in [0.4, 0.5) is 5.13 Å². The molecule has 2 aromatic rings. The first kappa shape index (κ1) is 20.7. The number of aromatic nitrogens is 1. The number of guanidine groups is 1. The number of hydrogen-bond donors (Lipinski definition) is 3. The van der Waals surface area contributed by atoms with E-state index in [2.05, 4.69) is 9.98 Å². The number of carbonyl (C=O) groups excluding carboxylic acids is 1. The van der Waals surface area contributed by atoms with Crippen LogP contribution >= 0.6 is 11.3 Å². The standard InChI is InChI=1S/C19H23N5O4S/c20-18(21)23-19-22-15(13-6-2-1-3-7-13)16(29-19)17(27)24-8-4-5-12(9-24)10-28-11-14(25)26/h1-3,6-7,12H,4-5,8-11H2,(H,25,26)(H4,20,21,22,23). The first-order chi connectivity index (χ1) is 13.9. The van der Waals surface area contributed by atoms with Gasteiger partial charge >= 0.3 is 5.97 Å². The van der Waals surface area contributed by atoms with Gasteiger partial charge in [-0.25, -0.2) is 9.78 Å². The Hall–Kier alpha value is -2.98. The van der Waals surface area contributed by atoms with Crippen LogP contribution in [-0.4, -0.2) is 59.1 Å². The predicted molar refractivity (Wildman–Crippen MR) is 110 cm³/mol. The molecule has 1 aliphatic heterocycles. The topological polar surface area (TPSA) is 144 Å². The van der Waals surface area contributed by atoms with Crippen molar-refractivity contribution in [1.82, 2.24) is 9.88 Å². The van der Waals surface area contributed by atoms with Gasteiger partial charge in [0.05, 0.1) is 12.3 Å². The van der Waals surface area contributed by atoms with Gasteiger partial charge in [-0.3, -0.25) is 4.79 Å². The van der Waals surface area contributed by atoms with Crippen LogP contribution in [0, 0.1) is 5.92 Å². The zero-order valence-electron chi connectivity index (χ0n) is 15.8. The van der Waals surface area contributed by atoms with Crippen molar-refractivity contribution < 1.29 is 19.4 Å². The molecule has 0 spiro atoms. The van der Waals surface area contributed by atoms with Gasteiger partial charge in [-0.05, 0) is 18.8 Å². The van der Waals surface area contributed by atoms with Crippen LogP contribution in [0.3, 0.4) is 0 Å². The molecule has 3 rings (SSSR count). The molecule has 9 nitrogen and oxygen atoms in total. The van der Waals surface area contributed by atoms with Gasteiger partial charge in [0.25, 0.3) is 5.91 Å². The molecule has 0 saturated carbocycles. The molecule has 1 atom stereocenters. The van der Waals surface area contributed by atoms with E-state index in [1.165, 1.54) is 0 Å². The van der Waals surface area contributed by atoms with Crippen LogP contribution in [0.1, 0.15) is 22.5 Å². The van der Waals surface area contributed by atoms with E-state index in [1.54, 1.807) is 4.90 Å². The lowest BCUT2D eigenvalue weighted by molar-refractivity contribution is -0.142. The number of nitrogens with two attached hydrogens (primary N) is 2. The summed E-state index contributed by atoms with van der Waals surface area (Å²) >= 11 is 1.15. The van der Waals surface area contributed by atoms with Gasteiger partial charge in [0.1, 0.15) is 11.5 Å². The molecule has 1 aliphatic rings. The molecular formula is C19H23N5O4S. The number of benzene rings is 1. The second kappa shape index (κ2) is 9.48. The predicted octanol–water partition coefficient (Wildman–Crippen LogP) is 1.67. The van der Waals surface area contributed by atoms with Crippen molar-refractivity contribution >= 4 is 34.3 Å². The van der Waals surface area contributed by atoms with E-state index in [4.69, 9.17) is 21.3 Å². The van der Waals surface area contributed by atoms with Crippen LogP contribution in [0.2, 0.25) is 0 Å². The number of carbonyl (C=O) groups is 2. The van der Waals surface area contributed by atoms with E-state index in [9.17, 15) is 9.59 Å². The molecule has 5 N–H and O–H groups in total. The number of hydrogen-bond acceptors (Lipinski definition) is 6. The Labute approximate surface area is 172 Å². The Kier molecular flexibility index (Phi) is 6.78. The van der Waals surface area contributed by atoms with Crippen molar-refractivity contribution in [2.75, 3.05) is 26.3 Å². The van der Waals surface area contributed by atoms with Gasteiger partial charge < -0.3 is 26.2 Å². The molecular weight excluding hydrogens is 394 g/mol. The molecule has 0 aliphatic carbocycles. The van der Waals surface area contributed by atoms with Crippen molar-refractivity contribution in [1.29, 1.82) is 0 Å². The number of aliphatic imine (C=N–C) groups is 1. The monoisotopic (exact) mass is 417 g/mol. The minimum absolute atomic E-state index is 0.0947. The van der Waals surface area contributed by atoms with Crippen molar-refractivity contribution in [3.05, 3.63) is 35.2 Å². The molecule has 1 unspecified atom stereocenters. The van der Waals surface area contributed by atoms with Crippen LogP contribution in [0.25, 0.3) is 11.3 Å². The lowest BCUT2D eigenvalue weighted by Gasteiger charge is -2.32. The average Bonchev–Trinajstić information content (AvgIpc) is 3.11. The lowest BCUT2D eigenvalue weighted by Crippen LogP contribution is -2.41. The second-order valence-electron chi connectivity index (χ2n) is 6.75. The molecule has 1 fully saturated rings. The van der Waals surface area contributed by atoms with Gasteiger partial charge in [0, 0.05) is 18.7 Å². The highest BCUT2D eigenvalue weighted by atomic mass is 32.1. The summed E-state index contributed by atoms with van der Waals surface area (Å²) in [6.07, 6.45) is 1.71. The van der Waals surface area contributed by atoms with Crippen LogP contribution in [-0.2, 0) is 9.53 Å². The number of likely N-dealkylation sites (tertiary alicyclic amines) is 1. The number of thiazole rings is 1. The second-order valence-corrected chi connectivity index (χ2v) is 7.72. The maximum absolute atomic E-state index is 13.3. The summed E-state index contributed by atoms with van der Waals surface area (Å²) in [5.74, 6) is -1.16. The highest BCUT2D eigenvalue weighted by Gasteiger charge is 2.29. The highest BCUT2D eigenvalue weighted by molar-refractivity contribution is 7.17. The number of aliphatic carboxylic acids is 1. The first-order valence-corrected chi connectivity index (χ1v) is 10.0. The fourth-order valence-electron chi connectivity index (χ4n) is 3.25. The maximum atomic E-state index is 13.3. The van der Waals surface area contributed by atoms with Crippen LogP contribution in [0.15, 0.2) is 35.3 Å². The van der Waals surface area contributed by atoms with E-state index in [0.717, 1.165) is 29.7 Å². The minimum atomic E-state index is -1.00. The third-order valence-electron chi connectivity index (χ3n) is 4.47. The molecule has 1 aromatic heterocycles. The SMILES string of the molecule is NC(N)=Nc1nc(-c2ccccc2)c(C(=O)N2CCCC(COCC(=O)O)C2)s1. The van der Waals surface area contributed by atoms with Crippen molar-refractivity contribution in [2.45, 2.75) is 12.8 Å². The summed E-state index contributed by atoms with van der Waals surface area (Å²) in [6.45, 7) is 1.10. The van der Waals surface area contributed by atoms with Gasteiger partial charge in [0.2, 0.25) is 5.13 Å². The van der Waals surface area contributed by atoms with Gasteiger partial charge in [0.15, 0.2) is 5.96 Å². The molecule has 0 radical (unpaired) electrons. The van der Waals surface area contributed by atoms with E-state index >= 15 is 0 Å². The van der Waals surface area contributed by atoms with Crippen LogP contribution in [0.5, 0.6) is 0 Å². The zero-order chi connectivity index (χ0) is 20.8. The van der Waals surface area contributed by atoms with Gasteiger partial charge in [-0.2, -0.15) is 4.99 Å². The van der Waals surface area contributed by atoms with E-state index in [-0.39, 0.29) is 24.4 Å². The average molecular weight is 417 g/mol. The number of rotatable bonds is 7. The number of carboxylic acids is 1. The summed E-state index contributed by atoms with van der Waals surface area (Å²) in [5.41, 5.74) is 12.3. The lowest BCUT2D eigenvalue weighted by atomic mass is 9.98. The zero-order valence-corrected chi connectivity index (χ0v) is 16.6. The summed E-state index contributed by atoms with van der Waals surface area (Å²) < 4.78 is 5.22. The van der Waals surface area contributed by atoms with Crippen molar-refractivity contribution in [2.24, 2.45) is 22.4 Å². The minimum Gasteiger partial charge on any atom is -0.480 e. The van der Waals surface area contributed by atoms with E-state index < -0.39 is 5.97 Å². The molecule has 10 heteroatoms. The molecule has 0 bridgehead atoms. The molecule has 2 heterocycles. The van der Waals surface area contributed by atoms with Gasteiger partial charge in [-0.1, -0.05) is 41.7 Å². The van der Waals surface area contributed by atoms with E-state index in [1.807, 2.05) is 30.3 Å². The third-order valence-corrected chi connectivity index (χ3v) is 5.40. The normalized spacial score (nSPS) is 16.4. The Bertz CT molecular complexity index is 895. The fourth-order valence-corrected chi connectivity index (χ4v) is 4.19. The Morgan fingerprint density at radius 2 is 2.07 bits per heavy atom. The molecule has 1 aromatic carbocycles. The fraction of sp³-hybridized carbons (Fsp3) is 0.368. The number of ether oxygens (including phenoxy) is 1. The Morgan fingerprint density at radius 3 is 2.76 bits per heavy atom. The van der Waals surface area contributed by atoms with Crippen molar-refractivity contribution in [3.8, 4) is 11.3 Å². The highest BCUT2D eigenvalue weighted by Crippen LogP contribution is 2.34. The Balaban J connectivity index is 1.81. The van der Waals surface area contributed by atoms with E-state index in [0.29, 0.717) is 35.4 Å². The number of amides is 1. The number of carboxylic acid groups (broad SMARTS) is 1. The molecule has 1 amide bonds. The smallest absolute Gasteiger partial charge is 0.329 e. The number of nitrogens with zero attached hydrogens (tertiary/aromatic N) is 3. The summed E-state index contributed by atoms with van der Waals surface area (Å²) in [5, 5.41) is 9.04. The summed E-state index contributed by atoms with van der Waals surface area (Å²) in [6, 6.07) is 9.40. The molecule has 154 valence electrons. The Morgan fingerprint density at radius 1 is 1.31 bits per heavy atom. The number of piperidine rings is 1. The quantitative estimate of drug-likeness (QED) is 0.459.